The molecule has 20 heavy (non-hydrogen) atoms. The van der Waals surface area contributed by atoms with Crippen molar-refractivity contribution in [3.8, 4) is 11.5 Å². The molecular formula is C16H14Cl2O2. The molecule has 0 aromatic heterocycles. The third kappa shape index (κ3) is 2.46. The van der Waals surface area contributed by atoms with E-state index in [0.717, 1.165) is 35.7 Å². The first-order chi connectivity index (χ1) is 9.69. The van der Waals surface area contributed by atoms with Crippen LogP contribution in [-0.4, -0.2) is 13.7 Å². The molecular weight excluding hydrogens is 295 g/mol. The van der Waals surface area contributed by atoms with E-state index in [4.69, 9.17) is 32.7 Å². The highest BCUT2D eigenvalue weighted by Gasteiger charge is 2.19. The summed E-state index contributed by atoms with van der Waals surface area (Å²) in [6.07, 6.45) is 0.930. The monoisotopic (exact) mass is 308 g/mol. The minimum absolute atomic E-state index is 0.297. The maximum Gasteiger partial charge on any atom is 0.123 e. The highest BCUT2D eigenvalue weighted by atomic mass is 35.5. The minimum atomic E-state index is -0.297. The van der Waals surface area contributed by atoms with Crippen molar-refractivity contribution in [2.75, 3.05) is 13.7 Å². The van der Waals surface area contributed by atoms with Crippen LogP contribution in [0.4, 0.5) is 0 Å². The number of rotatable bonds is 3. The summed E-state index contributed by atoms with van der Waals surface area (Å²) in [5.74, 6) is 1.70. The lowest BCUT2D eigenvalue weighted by molar-refractivity contribution is 0.357. The summed E-state index contributed by atoms with van der Waals surface area (Å²) in [5.41, 5.74) is 3.10. The number of hydrogen-bond donors (Lipinski definition) is 0. The Balaban J connectivity index is 2.00. The lowest BCUT2D eigenvalue weighted by atomic mass is 10.0. The van der Waals surface area contributed by atoms with Gasteiger partial charge in [0.2, 0.25) is 0 Å². The molecule has 0 radical (unpaired) electrons. The Kier molecular flexibility index (Phi) is 3.77. The molecule has 0 saturated heterocycles. The van der Waals surface area contributed by atoms with Gasteiger partial charge in [-0.15, -0.1) is 11.6 Å². The third-order valence-corrected chi connectivity index (χ3v) is 4.19. The van der Waals surface area contributed by atoms with Crippen LogP contribution in [0.25, 0.3) is 0 Å². The van der Waals surface area contributed by atoms with E-state index in [-0.39, 0.29) is 5.38 Å². The number of methoxy groups -OCH3 is 1. The number of halogens is 2. The molecule has 2 aromatic carbocycles. The first kappa shape index (κ1) is 13.6. The number of fused-ring (bicyclic) bond motifs is 1. The zero-order chi connectivity index (χ0) is 14.1. The topological polar surface area (TPSA) is 18.5 Å². The van der Waals surface area contributed by atoms with Crippen LogP contribution < -0.4 is 9.47 Å². The predicted octanol–water partition coefficient (Wildman–Crippen LogP) is 4.61. The Labute approximate surface area is 128 Å². The number of hydrogen-bond acceptors (Lipinski definition) is 2. The van der Waals surface area contributed by atoms with Gasteiger partial charge >= 0.3 is 0 Å². The molecule has 0 fully saturated rings. The van der Waals surface area contributed by atoms with Gasteiger partial charge in [0, 0.05) is 17.0 Å². The molecule has 3 rings (SSSR count). The molecule has 4 heteroatoms. The van der Waals surface area contributed by atoms with Crippen molar-refractivity contribution in [1.82, 2.24) is 0 Å². The molecule has 2 nitrogen and oxygen atoms in total. The average molecular weight is 309 g/mol. The molecule has 0 N–H and O–H groups in total. The molecule has 0 aliphatic carbocycles. The van der Waals surface area contributed by atoms with E-state index in [9.17, 15) is 0 Å². The van der Waals surface area contributed by atoms with E-state index in [2.05, 4.69) is 6.07 Å². The standard InChI is InChI=1S/C16H14Cl2O2/c1-19-15-5-3-12(17)9-13(15)16(18)11-2-4-14-10(8-11)6-7-20-14/h2-5,8-9,16H,6-7H2,1H3. The fraction of sp³-hybridized carbons (Fsp3) is 0.250. The average Bonchev–Trinajstić information content (AvgIpc) is 2.93. The van der Waals surface area contributed by atoms with Crippen LogP contribution in [0.3, 0.4) is 0 Å². The normalized spacial score (nSPS) is 14.6. The molecule has 104 valence electrons. The molecule has 0 saturated carbocycles. The van der Waals surface area contributed by atoms with Crippen molar-refractivity contribution in [3.63, 3.8) is 0 Å². The Morgan fingerprint density at radius 2 is 2.05 bits per heavy atom. The summed E-state index contributed by atoms with van der Waals surface area (Å²) in [5, 5.41) is 0.352. The molecule has 2 aromatic rings. The zero-order valence-electron chi connectivity index (χ0n) is 11.0. The number of benzene rings is 2. The lowest BCUT2D eigenvalue weighted by Gasteiger charge is -2.15. The molecule has 1 heterocycles. The van der Waals surface area contributed by atoms with Gasteiger partial charge in [0.25, 0.3) is 0 Å². The van der Waals surface area contributed by atoms with Gasteiger partial charge < -0.3 is 9.47 Å². The summed E-state index contributed by atoms with van der Waals surface area (Å²) in [6.45, 7) is 0.742. The van der Waals surface area contributed by atoms with Crippen molar-refractivity contribution in [2.45, 2.75) is 11.8 Å². The molecule has 1 atom stereocenters. The van der Waals surface area contributed by atoms with Gasteiger partial charge in [-0.25, -0.2) is 0 Å². The largest absolute Gasteiger partial charge is 0.496 e. The van der Waals surface area contributed by atoms with E-state index in [1.807, 2.05) is 24.3 Å². The Morgan fingerprint density at radius 3 is 2.85 bits per heavy atom. The van der Waals surface area contributed by atoms with Crippen LogP contribution in [0.5, 0.6) is 11.5 Å². The van der Waals surface area contributed by atoms with Crippen molar-refractivity contribution in [2.24, 2.45) is 0 Å². The molecule has 1 unspecified atom stereocenters. The van der Waals surface area contributed by atoms with Crippen LogP contribution in [0, 0.1) is 0 Å². The van der Waals surface area contributed by atoms with Crippen molar-refractivity contribution in [1.29, 1.82) is 0 Å². The fourth-order valence-electron chi connectivity index (χ4n) is 2.45. The minimum Gasteiger partial charge on any atom is -0.496 e. The van der Waals surface area contributed by atoms with E-state index >= 15 is 0 Å². The van der Waals surface area contributed by atoms with Crippen LogP contribution in [0.1, 0.15) is 22.1 Å². The third-order valence-electron chi connectivity index (χ3n) is 3.47. The Bertz CT molecular complexity index is 640. The first-order valence-electron chi connectivity index (χ1n) is 6.42. The van der Waals surface area contributed by atoms with Crippen LogP contribution in [0.15, 0.2) is 36.4 Å². The molecule has 0 amide bonds. The van der Waals surface area contributed by atoms with Gasteiger partial charge in [0.15, 0.2) is 0 Å². The molecule has 0 spiro atoms. The summed E-state index contributed by atoms with van der Waals surface area (Å²) in [7, 11) is 1.63. The van der Waals surface area contributed by atoms with E-state index in [1.165, 1.54) is 5.56 Å². The lowest BCUT2D eigenvalue weighted by Crippen LogP contribution is -1.98. The highest BCUT2D eigenvalue weighted by Crippen LogP contribution is 2.38. The first-order valence-corrected chi connectivity index (χ1v) is 7.23. The van der Waals surface area contributed by atoms with Gasteiger partial charge in [0.05, 0.1) is 19.1 Å². The zero-order valence-corrected chi connectivity index (χ0v) is 12.5. The molecule has 1 aliphatic heterocycles. The fourth-order valence-corrected chi connectivity index (χ4v) is 2.93. The van der Waals surface area contributed by atoms with E-state index in [1.54, 1.807) is 13.2 Å². The summed E-state index contributed by atoms with van der Waals surface area (Å²) >= 11 is 12.7. The van der Waals surface area contributed by atoms with Gasteiger partial charge in [-0.3, -0.25) is 0 Å². The van der Waals surface area contributed by atoms with Crippen molar-refractivity contribution in [3.05, 3.63) is 58.1 Å². The maximum absolute atomic E-state index is 6.61. The number of alkyl halides is 1. The Morgan fingerprint density at radius 1 is 1.20 bits per heavy atom. The van der Waals surface area contributed by atoms with Gasteiger partial charge in [-0.1, -0.05) is 23.7 Å². The SMILES string of the molecule is COc1ccc(Cl)cc1C(Cl)c1ccc2c(c1)CCO2. The van der Waals surface area contributed by atoms with Gasteiger partial charge in [-0.2, -0.15) is 0 Å². The smallest absolute Gasteiger partial charge is 0.123 e. The van der Waals surface area contributed by atoms with Gasteiger partial charge in [0.1, 0.15) is 11.5 Å². The summed E-state index contributed by atoms with van der Waals surface area (Å²) in [4.78, 5) is 0. The van der Waals surface area contributed by atoms with Gasteiger partial charge in [-0.05, 0) is 35.4 Å². The van der Waals surface area contributed by atoms with Crippen molar-refractivity contribution >= 4 is 23.2 Å². The van der Waals surface area contributed by atoms with Crippen LogP contribution in [0.2, 0.25) is 5.02 Å². The predicted molar refractivity (Wildman–Crippen MR) is 81.3 cm³/mol. The Hall–Kier alpha value is -1.38. The molecule has 0 bridgehead atoms. The van der Waals surface area contributed by atoms with Crippen molar-refractivity contribution < 1.29 is 9.47 Å². The van der Waals surface area contributed by atoms with E-state index < -0.39 is 0 Å². The quantitative estimate of drug-likeness (QED) is 0.771. The second kappa shape index (κ2) is 5.55. The summed E-state index contributed by atoms with van der Waals surface area (Å²) < 4.78 is 10.9. The molecule has 1 aliphatic rings. The van der Waals surface area contributed by atoms with Crippen LogP contribution >= 0.6 is 23.2 Å². The second-order valence-corrected chi connectivity index (χ2v) is 5.59. The van der Waals surface area contributed by atoms with E-state index in [0.29, 0.717) is 5.02 Å². The highest BCUT2D eigenvalue weighted by molar-refractivity contribution is 6.31. The number of ether oxygens (including phenoxy) is 2. The van der Waals surface area contributed by atoms with Crippen LogP contribution in [-0.2, 0) is 6.42 Å². The summed E-state index contributed by atoms with van der Waals surface area (Å²) in [6, 6.07) is 11.5. The maximum atomic E-state index is 6.61. The second-order valence-electron chi connectivity index (χ2n) is 4.71.